The highest BCUT2D eigenvalue weighted by atomic mass is 35.7. The number of aromatic nitrogens is 1. The summed E-state index contributed by atoms with van der Waals surface area (Å²) in [6.07, 6.45) is 0. The first-order valence-electron chi connectivity index (χ1n) is 3.47. The summed E-state index contributed by atoms with van der Waals surface area (Å²) in [5.41, 5.74) is 0.686. The summed E-state index contributed by atoms with van der Waals surface area (Å²) in [6, 6.07) is 4.60. The highest BCUT2D eigenvalue weighted by molar-refractivity contribution is 8.13. The van der Waals surface area contributed by atoms with Crippen molar-refractivity contribution in [1.29, 1.82) is 0 Å². The van der Waals surface area contributed by atoms with Gasteiger partial charge in [-0.25, -0.2) is 8.42 Å². The first-order valence-corrected chi connectivity index (χ1v) is 6.16. The van der Waals surface area contributed by atoms with E-state index < -0.39 is 14.3 Å². The Morgan fingerprint density at radius 2 is 2.07 bits per heavy atom. The monoisotopic (exact) mass is 251 g/mol. The van der Waals surface area contributed by atoms with Gasteiger partial charge in [0, 0.05) is 21.8 Å². The van der Waals surface area contributed by atoms with Crippen LogP contribution in [0.15, 0.2) is 27.8 Å². The van der Waals surface area contributed by atoms with E-state index in [0.29, 0.717) is 10.5 Å². The lowest BCUT2D eigenvalue weighted by Gasteiger charge is -1.85. The van der Waals surface area contributed by atoms with E-state index in [2.05, 4.69) is 4.98 Å². The standard InChI is InChI=1S/C7H3Cl2NO3S/c8-4-1-2-5-6(3-4)13-7(10-5)14(9,11)12/h1-3H. The Balaban J connectivity index is 2.75. The molecule has 7 heteroatoms. The molecule has 74 valence electrons. The number of oxazole rings is 1. The Morgan fingerprint density at radius 1 is 1.36 bits per heavy atom. The molecule has 0 saturated carbocycles. The second-order valence-corrected chi connectivity index (χ2v) is 5.41. The molecule has 0 aliphatic heterocycles. The average Bonchev–Trinajstić information content (AvgIpc) is 2.45. The fourth-order valence-corrected chi connectivity index (χ4v) is 1.74. The highest BCUT2D eigenvalue weighted by Crippen LogP contribution is 2.23. The van der Waals surface area contributed by atoms with E-state index in [4.69, 9.17) is 26.7 Å². The van der Waals surface area contributed by atoms with E-state index in [-0.39, 0.29) is 5.58 Å². The molecule has 0 amide bonds. The lowest BCUT2D eigenvalue weighted by atomic mass is 10.3. The Morgan fingerprint density at radius 3 is 2.71 bits per heavy atom. The van der Waals surface area contributed by atoms with Gasteiger partial charge in [0.05, 0.1) is 0 Å². The minimum absolute atomic E-state index is 0.289. The van der Waals surface area contributed by atoms with Crippen molar-refractivity contribution in [2.24, 2.45) is 0 Å². The van der Waals surface area contributed by atoms with Gasteiger partial charge in [0.2, 0.25) is 0 Å². The molecule has 0 unspecified atom stereocenters. The van der Waals surface area contributed by atoms with Gasteiger partial charge in [-0.1, -0.05) is 11.6 Å². The molecule has 0 bridgehead atoms. The SMILES string of the molecule is O=S(=O)(Cl)c1nc2ccc(Cl)cc2o1. The second-order valence-electron chi connectivity index (χ2n) is 2.53. The first kappa shape index (κ1) is 9.76. The molecule has 1 aromatic carbocycles. The van der Waals surface area contributed by atoms with Crippen molar-refractivity contribution in [2.45, 2.75) is 5.22 Å². The molecule has 0 fully saturated rings. The van der Waals surface area contributed by atoms with Gasteiger partial charge in [-0.15, -0.1) is 0 Å². The van der Waals surface area contributed by atoms with Crippen molar-refractivity contribution in [1.82, 2.24) is 4.98 Å². The smallest absolute Gasteiger partial charge is 0.332 e. The van der Waals surface area contributed by atoms with Gasteiger partial charge in [-0.2, -0.15) is 4.98 Å². The van der Waals surface area contributed by atoms with Crippen LogP contribution in [-0.2, 0) is 9.05 Å². The van der Waals surface area contributed by atoms with Crippen LogP contribution >= 0.6 is 22.3 Å². The van der Waals surface area contributed by atoms with Gasteiger partial charge in [-0.3, -0.25) is 0 Å². The van der Waals surface area contributed by atoms with Crippen LogP contribution in [0.25, 0.3) is 11.1 Å². The minimum Gasteiger partial charge on any atom is -0.427 e. The van der Waals surface area contributed by atoms with E-state index >= 15 is 0 Å². The van der Waals surface area contributed by atoms with E-state index in [1.165, 1.54) is 6.07 Å². The van der Waals surface area contributed by atoms with Crippen molar-refractivity contribution in [3.63, 3.8) is 0 Å². The third-order valence-corrected chi connectivity index (χ3v) is 2.76. The Bertz CT molecular complexity index is 590. The fourth-order valence-electron chi connectivity index (χ4n) is 0.982. The third kappa shape index (κ3) is 1.70. The maximum atomic E-state index is 10.9. The lowest BCUT2D eigenvalue weighted by molar-refractivity contribution is 0.464. The molecule has 0 aliphatic rings. The van der Waals surface area contributed by atoms with E-state index in [1.54, 1.807) is 12.1 Å². The van der Waals surface area contributed by atoms with Crippen molar-refractivity contribution < 1.29 is 12.8 Å². The Kier molecular flexibility index (Phi) is 2.17. The third-order valence-electron chi connectivity index (χ3n) is 1.54. The van der Waals surface area contributed by atoms with Crippen molar-refractivity contribution >= 4 is 42.4 Å². The number of fused-ring (bicyclic) bond motifs is 1. The summed E-state index contributed by atoms with van der Waals surface area (Å²) in [5, 5.41) is -0.0800. The lowest BCUT2D eigenvalue weighted by Crippen LogP contribution is -1.88. The maximum absolute atomic E-state index is 10.9. The van der Waals surface area contributed by atoms with Crippen molar-refractivity contribution in [3.8, 4) is 0 Å². The molecule has 0 atom stereocenters. The van der Waals surface area contributed by atoms with Crippen LogP contribution in [0.2, 0.25) is 5.02 Å². The molecular formula is C7H3Cl2NO3S. The predicted molar refractivity (Wildman–Crippen MR) is 52.1 cm³/mol. The highest BCUT2D eigenvalue weighted by Gasteiger charge is 2.18. The van der Waals surface area contributed by atoms with E-state index in [1.807, 2.05) is 0 Å². The molecule has 1 aromatic heterocycles. The number of hydrogen-bond donors (Lipinski definition) is 0. The largest absolute Gasteiger partial charge is 0.427 e. The number of halogens is 2. The van der Waals surface area contributed by atoms with Crippen LogP contribution in [0.4, 0.5) is 0 Å². The van der Waals surface area contributed by atoms with Gasteiger partial charge >= 0.3 is 14.3 Å². The molecule has 0 N–H and O–H groups in total. The van der Waals surface area contributed by atoms with Gasteiger partial charge in [-0.05, 0) is 12.1 Å². The minimum atomic E-state index is -3.93. The van der Waals surface area contributed by atoms with Crippen LogP contribution in [-0.4, -0.2) is 13.4 Å². The van der Waals surface area contributed by atoms with Crippen LogP contribution in [0, 0.1) is 0 Å². The molecule has 0 saturated heterocycles. The summed E-state index contributed by atoms with van der Waals surface area (Å²) in [4.78, 5) is 3.68. The summed E-state index contributed by atoms with van der Waals surface area (Å²) in [5.74, 6) is 0. The Labute approximate surface area is 88.9 Å². The summed E-state index contributed by atoms with van der Waals surface area (Å²) < 4.78 is 26.6. The second kappa shape index (κ2) is 3.12. The molecule has 0 spiro atoms. The van der Waals surface area contributed by atoms with Gasteiger partial charge in [0.1, 0.15) is 5.52 Å². The van der Waals surface area contributed by atoms with Crippen molar-refractivity contribution in [3.05, 3.63) is 23.2 Å². The quantitative estimate of drug-likeness (QED) is 0.731. The zero-order valence-electron chi connectivity index (χ0n) is 6.57. The van der Waals surface area contributed by atoms with Crippen molar-refractivity contribution in [2.75, 3.05) is 0 Å². The van der Waals surface area contributed by atoms with Gasteiger partial charge < -0.3 is 4.42 Å². The molecule has 14 heavy (non-hydrogen) atoms. The molecule has 2 rings (SSSR count). The molecular weight excluding hydrogens is 249 g/mol. The molecule has 4 nitrogen and oxygen atoms in total. The van der Waals surface area contributed by atoms with Crippen LogP contribution in [0.1, 0.15) is 0 Å². The topological polar surface area (TPSA) is 60.2 Å². The average molecular weight is 252 g/mol. The van der Waals surface area contributed by atoms with Gasteiger partial charge in [0.15, 0.2) is 5.58 Å². The fraction of sp³-hybridized carbons (Fsp3) is 0. The molecule has 1 heterocycles. The molecule has 0 radical (unpaired) electrons. The van der Waals surface area contributed by atoms with Crippen LogP contribution < -0.4 is 0 Å². The number of rotatable bonds is 1. The molecule has 2 aromatic rings. The zero-order chi connectivity index (χ0) is 10.3. The number of benzene rings is 1. The van der Waals surface area contributed by atoms with Crippen LogP contribution in [0.3, 0.4) is 0 Å². The molecule has 0 aliphatic carbocycles. The first-order chi connectivity index (χ1) is 6.47. The van der Waals surface area contributed by atoms with Gasteiger partial charge in [0.25, 0.3) is 0 Å². The number of hydrogen-bond acceptors (Lipinski definition) is 4. The normalized spacial score (nSPS) is 12.1. The Hall–Kier alpha value is -0.780. The summed E-state index contributed by atoms with van der Waals surface area (Å²) >= 11 is 5.67. The maximum Gasteiger partial charge on any atom is 0.332 e. The van der Waals surface area contributed by atoms with E-state index in [0.717, 1.165) is 0 Å². The predicted octanol–water partition coefficient (Wildman–Crippen LogP) is 2.41. The summed E-state index contributed by atoms with van der Waals surface area (Å²) in [6.45, 7) is 0. The zero-order valence-corrected chi connectivity index (χ0v) is 8.90. The summed E-state index contributed by atoms with van der Waals surface area (Å²) in [7, 11) is 1.13. The number of nitrogens with zero attached hydrogens (tertiary/aromatic N) is 1. The van der Waals surface area contributed by atoms with Crippen LogP contribution in [0.5, 0.6) is 0 Å². The van der Waals surface area contributed by atoms with E-state index in [9.17, 15) is 8.42 Å².